The van der Waals surface area contributed by atoms with Crippen LogP contribution >= 0.6 is 0 Å². The summed E-state index contributed by atoms with van der Waals surface area (Å²) in [6.45, 7) is 5.45. The Labute approximate surface area is 112 Å². The van der Waals surface area contributed by atoms with Gasteiger partial charge in [-0.25, -0.2) is 4.79 Å². The van der Waals surface area contributed by atoms with Crippen molar-refractivity contribution >= 4 is 17.6 Å². The summed E-state index contributed by atoms with van der Waals surface area (Å²) in [6.07, 6.45) is 0.273. The second-order valence-corrected chi connectivity index (χ2v) is 4.18. The third kappa shape index (κ3) is 5.72. The Hall–Kier alpha value is -2.30. The van der Waals surface area contributed by atoms with Gasteiger partial charge in [-0.3, -0.25) is 4.79 Å². The summed E-state index contributed by atoms with van der Waals surface area (Å²) < 4.78 is 4.85. The first kappa shape index (κ1) is 14.8. The number of hydrogen-bond donors (Lipinski definition) is 2. The van der Waals surface area contributed by atoms with Crippen LogP contribution in [0.5, 0.6) is 0 Å². The predicted octanol–water partition coefficient (Wildman–Crippen LogP) is 1.05. The zero-order valence-electron chi connectivity index (χ0n) is 10.9. The first-order valence-electron chi connectivity index (χ1n) is 5.93. The Morgan fingerprint density at radius 2 is 1.95 bits per heavy atom. The molecule has 0 saturated carbocycles. The van der Waals surface area contributed by atoms with E-state index in [1.807, 2.05) is 0 Å². The van der Waals surface area contributed by atoms with Crippen molar-refractivity contribution in [2.24, 2.45) is 0 Å². The molecular weight excluding hydrogens is 244 g/mol. The predicted molar refractivity (Wildman–Crippen MR) is 73.3 cm³/mol. The van der Waals surface area contributed by atoms with Gasteiger partial charge < -0.3 is 15.8 Å². The minimum atomic E-state index is -0.451. The minimum Gasteiger partial charge on any atom is -0.460 e. The number of nitrogens with one attached hydrogen (secondary N) is 1. The Bertz CT molecular complexity index is 466. The molecule has 102 valence electrons. The van der Waals surface area contributed by atoms with E-state index in [9.17, 15) is 9.59 Å². The molecule has 0 aromatic heterocycles. The average Bonchev–Trinajstić information content (AvgIpc) is 2.37. The van der Waals surface area contributed by atoms with E-state index >= 15 is 0 Å². The highest BCUT2D eigenvalue weighted by atomic mass is 16.5. The molecule has 0 aliphatic rings. The van der Waals surface area contributed by atoms with Crippen molar-refractivity contribution < 1.29 is 14.3 Å². The molecule has 5 heteroatoms. The van der Waals surface area contributed by atoms with Crippen LogP contribution in [0.3, 0.4) is 0 Å². The van der Waals surface area contributed by atoms with Crippen molar-refractivity contribution in [3.63, 3.8) is 0 Å². The molecule has 0 fully saturated rings. The molecule has 0 aliphatic heterocycles. The standard InChI is InChI=1S/C14H18N2O3/c1-10(2)14(18)19-8-7-16-13(17)9-11-3-5-12(15)6-4-11/h3-6H,1,7-9,15H2,2H3,(H,16,17). The van der Waals surface area contributed by atoms with Crippen LogP contribution < -0.4 is 11.1 Å². The van der Waals surface area contributed by atoms with Crippen LogP contribution in [0.15, 0.2) is 36.4 Å². The quantitative estimate of drug-likeness (QED) is 0.347. The van der Waals surface area contributed by atoms with E-state index in [-0.39, 0.29) is 25.5 Å². The molecule has 1 amide bonds. The number of carbonyl (C=O) groups excluding carboxylic acids is 2. The van der Waals surface area contributed by atoms with Gasteiger partial charge in [0.05, 0.1) is 13.0 Å². The molecule has 1 rings (SSSR count). The molecule has 3 N–H and O–H groups in total. The lowest BCUT2D eigenvalue weighted by Crippen LogP contribution is -2.29. The fourth-order valence-corrected chi connectivity index (χ4v) is 1.34. The van der Waals surface area contributed by atoms with Crippen molar-refractivity contribution in [1.29, 1.82) is 0 Å². The largest absolute Gasteiger partial charge is 0.460 e. The first-order valence-corrected chi connectivity index (χ1v) is 5.93. The topological polar surface area (TPSA) is 81.4 Å². The number of esters is 1. The maximum Gasteiger partial charge on any atom is 0.333 e. The minimum absolute atomic E-state index is 0.129. The molecule has 1 aromatic rings. The summed E-state index contributed by atoms with van der Waals surface area (Å²) in [5, 5.41) is 2.66. The molecule has 19 heavy (non-hydrogen) atoms. The fourth-order valence-electron chi connectivity index (χ4n) is 1.34. The number of carbonyl (C=O) groups is 2. The smallest absolute Gasteiger partial charge is 0.333 e. The highest BCUT2D eigenvalue weighted by molar-refractivity contribution is 5.87. The van der Waals surface area contributed by atoms with Gasteiger partial charge in [0.1, 0.15) is 6.61 Å². The Kier molecular flexibility index (Phi) is 5.60. The van der Waals surface area contributed by atoms with Gasteiger partial charge >= 0.3 is 5.97 Å². The summed E-state index contributed by atoms with van der Waals surface area (Å²) >= 11 is 0. The lowest BCUT2D eigenvalue weighted by molar-refractivity contribution is -0.139. The van der Waals surface area contributed by atoms with Gasteiger partial charge in [0.15, 0.2) is 0 Å². The van der Waals surface area contributed by atoms with Gasteiger partial charge in [-0.05, 0) is 24.6 Å². The number of amides is 1. The van der Waals surface area contributed by atoms with Gasteiger partial charge in [0.25, 0.3) is 0 Å². The van der Waals surface area contributed by atoms with Gasteiger partial charge in [-0.2, -0.15) is 0 Å². The molecule has 0 heterocycles. The van der Waals surface area contributed by atoms with E-state index in [1.165, 1.54) is 0 Å². The van der Waals surface area contributed by atoms with E-state index < -0.39 is 5.97 Å². The number of benzene rings is 1. The van der Waals surface area contributed by atoms with Crippen molar-refractivity contribution in [1.82, 2.24) is 5.32 Å². The van der Waals surface area contributed by atoms with E-state index in [0.717, 1.165) is 5.56 Å². The Morgan fingerprint density at radius 3 is 2.53 bits per heavy atom. The van der Waals surface area contributed by atoms with Crippen molar-refractivity contribution in [2.75, 3.05) is 18.9 Å². The number of nitrogens with two attached hydrogens (primary N) is 1. The Balaban J connectivity index is 2.23. The summed E-state index contributed by atoms with van der Waals surface area (Å²) in [6, 6.07) is 7.10. The second kappa shape index (κ2) is 7.20. The molecule has 0 unspecified atom stereocenters. The van der Waals surface area contributed by atoms with Crippen LogP contribution in [-0.4, -0.2) is 25.0 Å². The number of anilines is 1. The van der Waals surface area contributed by atoms with Gasteiger partial charge in [-0.15, -0.1) is 0 Å². The molecule has 0 bridgehead atoms. The number of rotatable bonds is 6. The zero-order chi connectivity index (χ0) is 14.3. The molecule has 0 atom stereocenters. The fraction of sp³-hybridized carbons (Fsp3) is 0.286. The normalized spacial score (nSPS) is 9.74. The number of nitrogen functional groups attached to an aromatic ring is 1. The van der Waals surface area contributed by atoms with Crippen molar-refractivity contribution in [3.05, 3.63) is 42.0 Å². The maximum atomic E-state index is 11.6. The highest BCUT2D eigenvalue weighted by Gasteiger charge is 2.05. The Morgan fingerprint density at radius 1 is 1.32 bits per heavy atom. The SMILES string of the molecule is C=C(C)C(=O)OCCNC(=O)Cc1ccc(N)cc1. The van der Waals surface area contributed by atoms with Crippen LogP contribution in [0.4, 0.5) is 5.69 Å². The average molecular weight is 262 g/mol. The molecule has 1 aromatic carbocycles. The summed E-state index contributed by atoms with van der Waals surface area (Å²) in [5.41, 5.74) is 7.44. The molecule has 0 saturated heterocycles. The summed E-state index contributed by atoms with van der Waals surface area (Å²) in [7, 11) is 0. The highest BCUT2D eigenvalue weighted by Crippen LogP contribution is 2.05. The second-order valence-electron chi connectivity index (χ2n) is 4.18. The monoisotopic (exact) mass is 262 g/mol. The van der Waals surface area contributed by atoms with Crippen LogP contribution in [0.1, 0.15) is 12.5 Å². The summed E-state index contributed by atoms with van der Waals surface area (Å²) in [4.78, 5) is 22.6. The van der Waals surface area contributed by atoms with Crippen LogP contribution in [0, 0.1) is 0 Å². The van der Waals surface area contributed by atoms with Crippen LogP contribution in [-0.2, 0) is 20.7 Å². The number of hydrogen-bond acceptors (Lipinski definition) is 4. The number of ether oxygens (including phenoxy) is 1. The lowest BCUT2D eigenvalue weighted by atomic mass is 10.1. The lowest BCUT2D eigenvalue weighted by Gasteiger charge is -2.06. The summed E-state index contributed by atoms with van der Waals surface area (Å²) in [5.74, 6) is -0.580. The maximum absolute atomic E-state index is 11.6. The van der Waals surface area contributed by atoms with Crippen molar-refractivity contribution in [3.8, 4) is 0 Å². The molecule has 0 spiro atoms. The van der Waals surface area contributed by atoms with Gasteiger partial charge in [0, 0.05) is 11.3 Å². The van der Waals surface area contributed by atoms with E-state index in [1.54, 1.807) is 31.2 Å². The van der Waals surface area contributed by atoms with Gasteiger partial charge in [-0.1, -0.05) is 18.7 Å². The first-order chi connectivity index (χ1) is 8.99. The van der Waals surface area contributed by atoms with E-state index in [0.29, 0.717) is 11.3 Å². The third-order valence-corrected chi connectivity index (χ3v) is 2.35. The van der Waals surface area contributed by atoms with E-state index in [2.05, 4.69) is 11.9 Å². The van der Waals surface area contributed by atoms with Crippen LogP contribution in [0.25, 0.3) is 0 Å². The van der Waals surface area contributed by atoms with Crippen molar-refractivity contribution in [2.45, 2.75) is 13.3 Å². The molecule has 0 radical (unpaired) electrons. The molecule has 0 aliphatic carbocycles. The molecule has 5 nitrogen and oxygen atoms in total. The van der Waals surface area contributed by atoms with Gasteiger partial charge in [0.2, 0.25) is 5.91 Å². The zero-order valence-corrected chi connectivity index (χ0v) is 10.9. The van der Waals surface area contributed by atoms with Crippen LogP contribution in [0.2, 0.25) is 0 Å². The van der Waals surface area contributed by atoms with E-state index in [4.69, 9.17) is 10.5 Å². The molecular formula is C14H18N2O3. The third-order valence-electron chi connectivity index (χ3n) is 2.35.